The fourth-order valence-corrected chi connectivity index (χ4v) is 2.72. The molecule has 1 aromatic heterocycles. The average Bonchev–Trinajstić information content (AvgIpc) is 3.19. The number of benzene rings is 1. The van der Waals surface area contributed by atoms with Gasteiger partial charge in [0.1, 0.15) is 0 Å². The van der Waals surface area contributed by atoms with E-state index in [0.717, 1.165) is 24.7 Å². The molecular weight excluding hydrogens is 258 g/mol. The van der Waals surface area contributed by atoms with Crippen LogP contribution in [0.5, 0.6) is 0 Å². The number of nitrogens with one attached hydrogen (secondary N) is 1. The molecule has 1 N–H and O–H groups in total. The summed E-state index contributed by atoms with van der Waals surface area (Å²) in [7, 11) is 2.00. The minimum absolute atomic E-state index is 0.698. The Morgan fingerprint density at radius 3 is 2.57 bits per heavy atom. The Morgan fingerprint density at radius 2 is 1.95 bits per heavy atom. The lowest BCUT2D eigenvalue weighted by Crippen LogP contribution is -2.15. The Hall–Kier alpha value is -1.61. The molecule has 0 radical (unpaired) electrons. The predicted molar refractivity (Wildman–Crippen MR) is 87.0 cm³/mol. The van der Waals surface area contributed by atoms with Gasteiger partial charge in [-0.2, -0.15) is 5.10 Å². The Kier molecular flexibility index (Phi) is 4.11. The van der Waals surface area contributed by atoms with Crippen molar-refractivity contribution in [3.05, 3.63) is 41.6 Å². The summed E-state index contributed by atoms with van der Waals surface area (Å²) in [6.45, 7) is 5.43. The maximum atomic E-state index is 4.65. The van der Waals surface area contributed by atoms with Gasteiger partial charge in [0.15, 0.2) is 0 Å². The molecule has 0 saturated heterocycles. The molecule has 1 aromatic carbocycles. The second-order valence-electron chi connectivity index (χ2n) is 6.63. The zero-order valence-corrected chi connectivity index (χ0v) is 13.3. The van der Waals surface area contributed by atoms with E-state index in [1.165, 1.54) is 29.5 Å². The minimum atomic E-state index is 0.698. The smallest absolute Gasteiger partial charge is 0.0967 e. The third kappa shape index (κ3) is 3.73. The Bertz CT molecular complexity index is 591. The lowest BCUT2D eigenvalue weighted by atomic mass is 10.00. The largest absolute Gasteiger partial charge is 0.310 e. The van der Waals surface area contributed by atoms with Crippen LogP contribution in [0, 0.1) is 5.92 Å². The van der Waals surface area contributed by atoms with E-state index < -0.39 is 0 Å². The van der Waals surface area contributed by atoms with E-state index in [0.29, 0.717) is 5.92 Å². The molecule has 1 fully saturated rings. The van der Waals surface area contributed by atoms with E-state index in [4.69, 9.17) is 0 Å². The molecule has 0 amide bonds. The number of nitrogens with zero attached hydrogens (tertiary/aromatic N) is 2. The molecule has 0 aliphatic heterocycles. The van der Waals surface area contributed by atoms with Crippen LogP contribution >= 0.6 is 0 Å². The molecule has 112 valence electrons. The van der Waals surface area contributed by atoms with Crippen LogP contribution in [0.15, 0.2) is 30.5 Å². The van der Waals surface area contributed by atoms with Gasteiger partial charge in [-0.3, -0.25) is 4.68 Å². The minimum Gasteiger partial charge on any atom is -0.310 e. The van der Waals surface area contributed by atoms with Crippen molar-refractivity contribution in [1.82, 2.24) is 15.1 Å². The highest BCUT2D eigenvalue weighted by Crippen LogP contribution is 2.25. The molecule has 1 heterocycles. The quantitative estimate of drug-likeness (QED) is 0.879. The molecule has 2 aromatic rings. The fraction of sp³-hybridized carbons (Fsp3) is 0.500. The molecule has 3 heteroatoms. The van der Waals surface area contributed by atoms with Gasteiger partial charge in [-0.15, -0.1) is 0 Å². The van der Waals surface area contributed by atoms with Crippen LogP contribution in [-0.4, -0.2) is 15.8 Å². The second-order valence-corrected chi connectivity index (χ2v) is 6.63. The lowest BCUT2D eigenvalue weighted by molar-refractivity contribution is 0.647. The van der Waals surface area contributed by atoms with Crippen LogP contribution < -0.4 is 5.32 Å². The van der Waals surface area contributed by atoms with Crippen molar-refractivity contribution in [2.24, 2.45) is 13.0 Å². The molecule has 0 unspecified atom stereocenters. The van der Waals surface area contributed by atoms with Gasteiger partial charge >= 0.3 is 0 Å². The van der Waals surface area contributed by atoms with Crippen molar-refractivity contribution >= 4 is 0 Å². The van der Waals surface area contributed by atoms with Crippen molar-refractivity contribution in [3.63, 3.8) is 0 Å². The van der Waals surface area contributed by atoms with Crippen LogP contribution in [0.2, 0.25) is 0 Å². The zero-order valence-electron chi connectivity index (χ0n) is 13.3. The highest BCUT2D eigenvalue weighted by atomic mass is 15.3. The molecule has 3 nitrogen and oxygen atoms in total. The third-order valence-electron chi connectivity index (χ3n) is 3.93. The van der Waals surface area contributed by atoms with Gasteiger partial charge in [0.25, 0.3) is 0 Å². The van der Waals surface area contributed by atoms with E-state index in [9.17, 15) is 0 Å². The summed E-state index contributed by atoms with van der Waals surface area (Å²) in [4.78, 5) is 0. The first kappa shape index (κ1) is 14.3. The summed E-state index contributed by atoms with van der Waals surface area (Å²) in [5, 5.41) is 8.23. The van der Waals surface area contributed by atoms with E-state index in [1.807, 2.05) is 11.7 Å². The fourth-order valence-electron chi connectivity index (χ4n) is 2.72. The van der Waals surface area contributed by atoms with Gasteiger partial charge in [-0.05, 0) is 30.7 Å². The number of hydrogen-bond donors (Lipinski definition) is 1. The maximum absolute atomic E-state index is 4.65. The summed E-state index contributed by atoms with van der Waals surface area (Å²) < 4.78 is 1.92. The number of aryl methyl sites for hydroxylation is 1. The van der Waals surface area contributed by atoms with Gasteiger partial charge < -0.3 is 5.32 Å². The first-order valence-corrected chi connectivity index (χ1v) is 7.97. The van der Waals surface area contributed by atoms with E-state index in [1.54, 1.807) is 0 Å². The molecule has 21 heavy (non-hydrogen) atoms. The summed E-state index contributed by atoms with van der Waals surface area (Å²) >= 11 is 0. The molecule has 1 saturated carbocycles. The maximum Gasteiger partial charge on any atom is 0.0967 e. The Morgan fingerprint density at radius 1 is 1.24 bits per heavy atom. The standard InChI is InChI=1S/C18H25N3/c1-13(2)10-14-4-6-15(7-5-14)18-16(12-21(3)20-18)11-19-17-8-9-17/h4-7,12-13,17,19H,8-11H2,1-3H3. The molecule has 3 rings (SSSR count). The summed E-state index contributed by atoms with van der Waals surface area (Å²) in [6.07, 6.45) is 5.91. The third-order valence-corrected chi connectivity index (χ3v) is 3.93. The van der Waals surface area contributed by atoms with Gasteiger partial charge in [0, 0.05) is 37.0 Å². The van der Waals surface area contributed by atoms with Crippen molar-refractivity contribution < 1.29 is 0 Å². The SMILES string of the molecule is CC(C)Cc1ccc(-c2nn(C)cc2CNC2CC2)cc1. The molecule has 1 aliphatic rings. The topological polar surface area (TPSA) is 29.9 Å². The molecule has 0 spiro atoms. The van der Waals surface area contributed by atoms with Crippen molar-refractivity contribution in [2.75, 3.05) is 0 Å². The monoisotopic (exact) mass is 283 g/mol. The number of hydrogen-bond acceptors (Lipinski definition) is 2. The highest BCUT2D eigenvalue weighted by Gasteiger charge is 2.21. The zero-order chi connectivity index (χ0) is 14.8. The van der Waals surface area contributed by atoms with Gasteiger partial charge in [-0.1, -0.05) is 38.1 Å². The first-order valence-electron chi connectivity index (χ1n) is 7.97. The number of aromatic nitrogens is 2. The molecule has 0 atom stereocenters. The Balaban J connectivity index is 1.78. The Labute approximate surface area is 127 Å². The number of rotatable bonds is 6. The van der Waals surface area contributed by atoms with Gasteiger partial charge in [0.2, 0.25) is 0 Å². The first-order chi connectivity index (χ1) is 10.1. The van der Waals surface area contributed by atoms with Crippen molar-refractivity contribution in [1.29, 1.82) is 0 Å². The van der Waals surface area contributed by atoms with Crippen LogP contribution in [0.25, 0.3) is 11.3 Å². The van der Waals surface area contributed by atoms with Crippen molar-refractivity contribution in [3.8, 4) is 11.3 Å². The van der Waals surface area contributed by atoms with Crippen molar-refractivity contribution in [2.45, 2.75) is 45.7 Å². The predicted octanol–water partition coefficient (Wildman–Crippen LogP) is 3.54. The van der Waals surface area contributed by atoms with E-state index >= 15 is 0 Å². The van der Waals surface area contributed by atoms with Crippen LogP contribution in [0.4, 0.5) is 0 Å². The highest BCUT2D eigenvalue weighted by molar-refractivity contribution is 5.63. The average molecular weight is 283 g/mol. The lowest BCUT2D eigenvalue weighted by Gasteiger charge is -2.07. The van der Waals surface area contributed by atoms with E-state index in [-0.39, 0.29) is 0 Å². The molecular formula is C18H25N3. The van der Waals surface area contributed by atoms with Crippen LogP contribution in [-0.2, 0) is 20.0 Å². The molecule has 0 bridgehead atoms. The summed E-state index contributed by atoms with van der Waals surface area (Å²) in [5.74, 6) is 0.698. The second kappa shape index (κ2) is 6.02. The normalized spacial score (nSPS) is 14.9. The summed E-state index contributed by atoms with van der Waals surface area (Å²) in [5.41, 5.74) is 5.03. The van der Waals surface area contributed by atoms with Gasteiger partial charge in [-0.25, -0.2) is 0 Å². The molecule has 1 aliphatic carbocycles. The van der Waals surface area contributed by atoms with Crippen LogP contribution in [0.3, 0.4) is 0 Å². The summed E-state index contributed by atoms with van der Waals surface area (Å²) in [6, 6.07) is 9.62. The van der Waals surface area contributed by atoms with Crippen LogP contribution in [0.1, 0.15) is 37.8 Å². The van der Waals surface area contributed by atoms with Gasteiger partial charge in [0.05, 0.1) is 5.69 Å². The van der Waals surface area contributed by atoms with E-state index in [2.05, 4.69) is 54.7 Å².